The van der Waals surface area contributed by atoms with Gasteiger partial charge < -0.3 is 14.5 Å². The van der Waals surface area contributed by atoms with E-state index >= 15 is 0 Å². The third kappa shape index (κ3) is 5.45. The highest BCUT2D eigenvalue weighted by atomic mass is 16.6. The molecule has 0 aromatic carbocycles. The molecule has 1 N–H and O–H groups in total. The molecule has 1 rings (SSSR count). The van der Waals surface area contributed by atoms with Gasteiger partial charge in [0.2, 0.25) is 0 Å². The topological polar surface area (TPSA) is 68.4 Å². The smallest absolute Gasteiger partial charge is 0.355 e. The number of rotatable bonds is 6. The summed E-state index contributed by atoms with van der Waals surface area (Å²) in [7, 11) is 0. The number of H-pyrrole nitrogens is 1. The molecule has 116 valence electrons. The molecular formula is C16H23NO4. The predicted molar refractivity (Wildman–Crippen MR) is 80.2 cm³/mol. The first-order valence-electron chi connectivity index (χ1n) is 6.91. The predicted octanol–water partition coefficient (Wildman–Crippen LogP) is 2.94. The number of carbonyl (C=O) groups is 2. The summed E-state index contributed by atoms with van der Waals surface area (Å²) < 4.78 is 10.3. The third-order valence-corrected chi connectivity index (χ3v) is 2.76. The molecule has 0 unspecified atom stereocenters. The Hall–Kier alpha value is -2.04. The lowest BCUT2D eigenvalue weighted by molar-refractivity contribution is -0.142. The molecule has 0 aliphatic heterocycles. The zero-order valence-corrected chi connectivity index (χ0v) is 13.1. The third-order valence-electron chi connectivity index (χ3n) is 2.76. The molecule has 5 heteroatoms. The molecule has 0 atom stereocenters. The number of ether oxygens (including phenoxy) is 2. The van der Waals surface area contributed by atoms with Crippen LogP contribution < -0.4 is 0 Å². The van der Waals surface area contributed by atoms with Gasteiger partial charge >= 0.3 is 11.9 Å². The molecule has 0 saturated carbocycles. The Morgan fingerprint density at radius 2 is 2.05 bits per heavy atom. The number of esters is 2. The van der Waals surface area contributed by atoms with E-state index in [-0.39, 0.29) is 19.0 Å². The van der Waals surface area contributed by atoms with Crippen molar-refractivity contribution in [1.82, 2.24) is 4.98 Å². The molecule has 5 nitrogen and oxygen atoms in total. The number of hydrogen-bond acceptors (Lipinski definition) is 4. The number of nitrogens with one attached hydrogen (secondary N) is 1. The normalized spacial score (nSPS) is 11.0. The molecule has 1 aromatic heterocycles. The molecule has 0 aliphatic carbocycles. The summed E-state index contributed by atoms with van der Waals surface area (Å²) in [5.41, 5.74) is 1.56. The summed E-state index contributed by atoms with van der Waals surface area (Å²) in [5, 5.41) is 0. The van der Waals surface area contributed by atoms with E-state index in [9.17, 15) is 9.59 Å². The van der Waals surface area contributed by atoms with Crippen LogP contribution >= 0.6 is 0 Å². The Bertz CT molecular complexity index is 523. The van der Waals surface area contributed by atoms with Gasteiger partial charge in [-0.05, 0) is 45.2 Å². The summed E-state index contributed by atoms with van der Waals surface area (Å²) in [6.45, 7) is 11.0. The molecule has 0 fully saturated rings. The van der Waals surface area contributed by atoms with E-state index in [2.05, 4.69) is 11.6 Å². The van der Waals surface area contributed by atoms with Gasteiger partial charge in [-0.15, -0.1) is 0 Å². The van der Waals surface area contributed by atoms with E-state index in [1.807, 2.05) is 27.7 Å². The van der Waals surface area contributed by atoms with Gasteiger partial charge in [0.15, 0.2) is 0 Å². The fraction of sp³-hybridized carbons (Fsp3) is 0.500. The van der Waals surface area contributed by atoms with Gasteiger partial charge in [-0.2, -0.15) is 0 Å². The van der Waals surface area contributed by atoms with Crippen LogP contribution in [0.3, 0.4) is 0 Å². The quantitative estimate of drug-likeness (QED) is 0.647. The Morgan fingerprint density at radius 1 is 1.38 bits per heavy atom. The number of hydrogen-bond donors (Lipinski definition) is 1. The van der Waals surface area contributed by atoms with Gasteiger partial charge in [0.1, 0.15) is 17.9 Å². The zero-order chi connectivity index (χ0) is 16.0. The van der Waals surface area contributed by atoms with E-state index in [1.54, 1.807) is 6.20 Å². The minimum atomic E-state index is -0.559. The fourth-order valence-corrected chi connectivity index (χ4v) is 1.84. The SMILES string of the molecule is C=CCOC(=O)CCc1c(C)c[nH]c1C(=O)OC(C)(C)C. The van der Waals surface area contributed by atoms with Crippen LogP contribution in [0.1, 0.15) is 48.8 Å². The Balaban J connectivity index is 2.75. The van der Waals surface area contributed by atoms with Crippen molar-refractivity contribution in [3.05, 3.63) is 35.7 Å². The average molecular weight is 293 g/mol. The molecule has 0 saturated heterocycles. The van der Waals surface area contributed by atoms with Crippen molar-refractivity contribution in [2.45, 2.75) is 46.1 Å². The molecule has 1 aromatic rings. The van der Waals surface area contributed by atoms with Gasteiger partial charge in [0.05, 0.1) is 0 Å². The zero-order valence-electron chi connectivity index (χ0n) is 13.1. The Kier molecular flexibility index (Phi) is 5.76. The van der Waals surface area contributed by atoms with Gasteiger partial charge in [-0.3, -0.25) is 4.79 Å². The lowest BCUT2D eigenvalue weighted by Gasteiger charge is -2.19. The Labute approximate surface area is 125 Å². The van der Waals surface area contributed by atoms with Crippen molar-refractivity contribution >= 4 is 11.9 Å². The lowest BCUT2D eigenvalue weighted by atomic mass is 10.1. The number of aromatic amines is 1. The highest BCUT2D eigenvalue weighted by Gasteiger charge is 2.22. The molecule has 21 heavy (non-hydrogen) atoms. The molecular weight excluding hydrogens is 270 g/mol. The minimum Gasteiger partial charge on any atom is -0.461 e. The van der Waals surface area contributed by atoms with E-state index in [4.69, 9.17) is 9.47 Å². The van der Waals surface area contributed by atoms with Gasteiger partial charge in [0.25, 0.3) is 0 Å². The number of aromatic nitrogens is 1. The number of aryl methyl sites for hydroxylation is 1. The maximum atomic E-state index is 12.1. The second-order valence-electron chi connectivity index (χ2n) is 5.80. The molecule has 0 radical (unpaired) electrons. The van der Waals surface area contributed by atoms with Crippen molar-refractivity contribution in [2.24, 2.45) is 0 Å². The van der Waals surface area contributed by atoms with Crippen molar-refractivity contribution in [2.75, 3.05) is 6.61 Å². The highest BCUT2D eigenvalue weighted by Crippen LogP contribution is 2.19. The second kappa shape index (κ2) is 7.11. The van der Waals surface area contributed by atoms with E-state index in [0.29, 0.717) is 12.1 Å². The molecule has 0 aliphatic rings. The summed E-state index contributed by atoms with van der Waals surface area (Å²) >= 11 is 0. The first-order valence-corrected chi connectivity index (χ1v) is 6.91. The standard InChI is InChI=1S/C16H23NO4/c1-6-9-20-13(18)8-7-12-11(2)10-17-14(12)15(19)21-16(3,4)5/h6,10,17H,1,7-9H2,2-5H3. The van der Waals surface area contributed by atoms with Crippen LogP contribution in [-0.2, 0) is 20.7 Å². The van der Waals surface area contributed by atoms with E-state index in [0.717, 1.165) is 11.1 Å². The largest absolute Gasteiger partial charge is 0.461 e. The molecule has 0 spiro atoms. The van der Waals surface area contributed by atoms with Crippen LogP contribution in [0.5, 0.6) is 0 Å². The maximum Gasteiger partial charge on any atom is 0.355 e. The van der Waals surface area contributed by atoms with Gasteiger partial charge in [-0.25, -0.2) is 4.79 Å². The summed E-state index contributed by atoms with van der Waals surface area (Å²) in [6, 6.07) is 0. The lowest BCUT2D eigenvalue weighted by Crippen LogP contribution is -2.24. The first-order chi connectivity index (χ1) is 9.74. The molecule has 0 amide bonds. The highest BCUT2D eigenvalue weighted by molar-refractivity contribution is 5.90. The maximum absolute atomic E-state index is 12.1. The van der Waals surface area contributed by atoms with Crippen molar-refractivity contribution in [1.29, 1.82) is 0 Å². The van der Waals surface area contributed by atoms with Gasteiger partial charge in [-0.1, -0.05) is 12.7 Å². The van der Waals surface area contributed by atoms with Crippen molar-refractivity contribution in [3.63, 3.8) is 0 Å². The van der Waals surface area contributed by atoms with E-state index < -0.39 is 11.6 Å². The second-order valence-corrected chi connectivity index (χ2v) is 5.80. The van der Waals surface area contributed by atoms with Gasteiger partial charge in [0, 0.05) is 12.6 Å². The van der Waals surface area contributed by atoms with Crippen LogP contribution in [0.15, 0.2) is 18.9 Å². The van der Waals surface area contributed by atoms with Crippen LogP contribution in [-0.4, -0.2) is 29.1 Å². The summed E-state index contributed by atoms with van der Waals surface area (Å²) in [4.78, 5) is 26.6. The van der Waals surface area contributed by atoms with Crippen molar-refractivity contribution < 1.29 is 19.1 Å². The number of carbonyl (C=O) groups excluding carboxylic acids is 2. The van der Waals surface area contributed by atoms with Crippen molar-refractivity contribution in [3.8, 4) is 0 Å². The van der Waals surface area contributed by atoms with Crippen LogP contribution in [0.25, 0.3) is 0 Å². The first kappa shape index (κ1) is 17.0. The Morgan fingerprint density at radius 3 is 2.62 bits per heavy atom. The fourth-order valence-electron chi connectivity index (χ4n) is 1.84. The van der Waals surface area contributed by atoms with Crippen LogP contribution in [0.4, 0.5) is 0 Å². The van der Waals surface area contributed by atoms with E-state index in [1.165, 1.54) is 6.08 Å². The monoisotopic (exact) mass is 293 g/mol. The average Bonchev–Trinajstić information content (AvgIpc) is 2.73. The van der Waals surface area contributed by atoms with Crippen LogP contribution in [0.2, 0.25) is 0 Å². The molecule has 1 heterocycles. The summed E-state index contributed by atoms with van der Waals surface area (Å²) in [6.07, 6.45) is 3.90. The molecule has 0 bridgehead atoms. The minimum absolute atomic E-state index is 0.198. The van der Waals surface area contributed by atoms with Crippen LogP contribution in [0, 0.1) is 6.92 Å². The summed E-state index contributed by atoms with van der Waals surface area (Å²) in [5.74, 6) is -0.726.